The van der Waals surface area contributed by atoms with Crippen LogP contribution in [0, 0.1) is 0 Å². The molecule has 0 saturated heterocycles. The molecule has 0 saturated carbocycles. The first-order chi connectivity index (χ1) is 9.90. The van der Waals surface area contributed by atoms with Gasteiger partial charge in [0.05, 0.1) is 16.6 Å². The molecule has 1 amide bonds. The molecular weight excluding hydrogens is 270 g/mol. The fourth-order valence-electron chi connectivity index (χ4n) is 2.36. The summed E-state index contributed by atoms with van der Waals surface area (Å²) >= 11 is 0. The first-order valence-electron chi connectivity index (χ1n) is 6.92. The van der Waals surface area contributed by atoms with Gasteiger partial charge in [0, 0.05) is 18.9 Å². The number of carboxylic acid groups (broad SMARTS) is 1. The topological polar surface area (TPSA) is 98.2 Å². The van der Waals surface area contributed by atoms with Crippen LogP contribution in [-0.4, -0.2) is 26.5 Å². The summed E-state index contributed by atoms with van der Waals surface area (Å²) < 4.78 is 1.98. The van der Waals surface area contributed by atoms with E-state index in [1.807, 2.05) is 18.4 Å². The van der Waals surface area contributed by atoms with Crippen molar-refractivity contribution in [1.82, 2.24) is 9.55 Å². The predicted molar refractivity (Wildman–Crippen MR) is 79.2 cm³/mol. The average Bonchev–Trinajstić information content (AvgIpc) is 2.76. The molecule has 2 aromatic rings. The Kier molecular flexibility index (Phi) is 4.26. The largest absolute Gasteiger partial charge is 0.478 e. The fraction of sp³-hybridized carbons (Fsp3) is 0.400. The number of carbonyl (C=O) groups excluding carboxylic acids is 1. The zero-order valence-electron chi connectivity index (χ0n) is 12.2. The molecule has 6 nitrogen and oxygen atoms in total. The van der Waals surface area contributed by atoms with Gasteiger partial charge in [-0.15, -0.1) is 0 Å². The summed E-state index contributed by atoms with van der Waals surface area (Å²) in [5, 5.41) is 9.11. The number of aromatic carboxylic acids is 1. The molecule has 0 aliphatic carbocycles. The van der Waals surface area contributed by atoms with Crippen LogP contribution < -0.4 is 5.73 Å². The highest BCUT2D eigenvalue weighted by Crippen LogP contribution is 2.23. The van der Waals surface area contributed by atoms with E-state index >= 15 is 0 Å². The van der Waals surface area contributed by atoms with Crippen LogP contribution in [0.3, 0.4) is 0 Å². The molecule has 1 aromatic carbocycles. The van der Waals surface area contributed by atoms with Crippen LogP contribution in [0.4, 0.5) is 0 Å². The normalized spacial score (nSPS) is 11.2. The van der Waals surface area contributed by atoms with Gasteiger partial charge in [-0.2, -0.15) is 0 Å². The number of hydrogen-bond donors (Lipinski definition) is 2. The van der Waals surface area contributed by atoms with Crippen LogP contribution in [0.2, 0.25) is 0 Å². The van der Waals surface area contributed by atoms with Gasteiger partial charge in [-0.1, -0.05) is 13.8 Å². The van der Waals surface area contributed by atoms with Crippen molar-refractivity contribution in [2.75, 3.05) is 0 Å². The highest BCUT2D eigenvalue weighted by Gasteiger charge is 2.15. The summed E-state index contributed by atoms with van der Waals surface area (Å²) in [5.74, 6) is -0.208. The zero-order chi connectivity index (χ0) is 15.6. The average molecular weight is 289 g/mol. The minimum Gasteiger partial charge on any atom is -0.478 e. The highest BCUT2D eigenvalue weighted by atomic mass is 16.4. The lowest BCUT2D eigenvalue weighted by Gasteiger charge is -2.11. The number of carbonyl (C=O) groups is 2. The van der Waals surface area contributed by atoms with Gasteiger partial charge in [-0.25, -0.2) is 9.78 Å². The number of rotatable bonds is 6. The van der Waals surface area contributed by atoms with Gasteiger partial charge in [0.25, 0.3) is 0 Å². The third-order valence-corrected chi connectivity index (χ3v) is 3.35. The van der Waals surface area contributed by atoms with Gasteiger partial charge in [0.1, 0.15) is 5.82 Å². The molecule has 3 N–H and O–H groups in total. The number of hydrogen-bond acceptors (Lipinski definition) is 3. The first-order valence-corrected chi connectivity index (χ1v) is 6.92. The minimum absolute atomic E-state index is 0.208. The van der Waals surface area contributed by atoms with Gasteiger partial charge in [0.2, 0.25) is 5.91 Å². The van der Waals surface area contributed by atoms with Crippen molar-refractivity contribution in [1.29, 1.82) is 0 Å². The maximum Gasteiger partial charge on any atom is 0.335 e. The lowest BCUT2D eigenvalue weighted by atomic mass is 10.2. The molecule has 0 unspecified atom stereocenters. The maximum atomic E-state index is 11.1. The molecule has 0 aliphatic rings. The van der Waals surface area contributed by atoms with E-state index in [2.05, 4.69) is 4.98 Å². The summed E-state index contributed by atoms with van der Waals surface area (Å²) in [6, 6.07) is 4.89. The number of benzene rings is 1. The number of amides is 1. The van der Waals surface area contributed by atoms with Gasteiger partial charge in [-0.05, 0) is 24.6 Å². The van der Waals surface area contributed by atoms with Gasteiger partial charge < -0.3 is 15.4 Å². The SMILES string of the molecule is CC(C)c1nc2ccc(C(=O)O)cc2n1CCCC(N)=O. The molecule has 0 spiro atoms. The van der Waals surface area contributed by atoms with E-state index < -0.39 is 5.97 Å². The fourth-order valence-corrected chi connectivity index (χ4v) is 2.36. The van der Waals surface area contributed by atoms with E-state index in [0.717, 1.165) is 16.9 Å². The number of fused-ring (bicyclic) bond motifs is 1. The maximum absolute atomic E-state index is 11.1. The van der Waals surface area contributed by atoms with Crippen LogP contribution >= 0.6 is 0 Å². The molecule has 0 bridgehead atoms. The third kappa shape index (κ3) is 3.21. The van der Waals surface area contributed by atoms with Crippen LogP contribution in [0.15, 0.2) is 18.2 Å². The van der Waals surface area contributed by atoms with Gasteiger partial charge in [-0.3, -0.25) is 4.79 Å². The van der Waals surface area contributed by atoms with E-state index in [9.17, 15) is 9.59 Å². The number of nitrogens with two attached hydrogens (primary N) is 1. The quantitative estimate of drug-likeness (QED) is 0.851. The Morgan fingerprint density at radius 2 is 2.10 bits per heavy atom. The highest BCUT2D eigenvalue weighted by molar-refractivity contribution is 5.92. The van der Waals surface area contributed by atoms with Gasteiger partial charge >= 0.3 is 5.97 Å². The standard InChI is InChI=1S/C15H19N3O3/c1-9(2)14-17-11-6-5-10(15(20)21)8-12(11)18(14)7-3-4-13(16)19/h5-6,8-9H,3-4,7H2,1-2H3,(H2,16,19)(H,20,21). The van der Waals surface area contributed by atoms with Crippen LogP contribution in [0.5, 0.6) is 0 Å². The molecule has 112 valence electrons. The van der Waals surface area contributed by atoms with Crippen molar-refractivity contribution >= 4 is 22.9 Å². The van der Waals surface area contributed by atoms with Crippen LogP contribution in [0.1, 0.15) is 48.8 Å². The van der Waals surface area contributed by atoms with E-state index in [0.29, 0.717) is 19.4 Å². The molecular formula is C15H19N3O3. The third-order valence-electron chi connectivity index (χ3n) is 3.35. The second kappa shape index (κ2) is 5.95. The molecule has 21 heavy (non-hydrogen) atoms. The predicted octanol–water partition coefficient (Wildman–Crippen LogP) is 2.12. The number of primary amides is 1. The van der Waals surface area contributed by atoms with Crippen LogP contribution in [-0.2, 0) is 11.3 Å². The van der Waals surface area contributed by atoms with E-state index in [4.69, 9.17) is 10.8 Å². The second-order valence-corrected chi connectivity index (χ2v) is 5.35. The molecule has 0 radical (unpaired) electrons. The molecule has 1 heterocycles. The van der Waals surface area contributed by atoms with Gasteiger partial charge in [0.15, 0.2) is 0 Å². The Morgan fingerprint density at radius 3 is 2.67 bits per heavy atom. The number of nitrogens with zero attached hydrogens (tertiary/aromatic N) is 2. The molecule has 6 heteroatoms. The summed E-state index contributed by atoms with van der Waals surface area (Å²) in [5.41, 5.74) is 6.94. The zero-order valence-corrected chi connectivity index (χ0v) is 12.2. The Labute approximate surface area is 122 Å². The molecule has 0 fully saturated rings. The summed E-state index contributed by atoms with van der Waals surface area (Å²) in [6.45, 7) is 4.66. The van der Waals surface area contributed by atoms with Crippen LogP contribution in [0.25, 0.3) is 11.0 Å². The lowest BCUT2D eigenvalue weighted by Crippen LogP contribution is -2.12. The molecule has 0 aliphatic heterocycles. The van der Waals surface area contributed by atoms with E-state index in [-0.39, 0.29) is 17.4 Å². The number of carboxylic acids is 1. The number of aromatic nitrogens is 2. The monoisotopic (exact) mass is 289 g/mol. The minimum atomic E-state index is -0.965. The first kappa shape index (κ1) is 15.0. The van der Waals surface area contributed by atoms with Crippen molar-refractivity contribution < 1.29 is 14.7 Å². The Morgan fingerprint density at radius 1 is 1.38 bits per heavy atom. The lowest BCUT2D eigenvalue weighted by molar-refractivity contribution is -0.118. The van der Waals surface area contributed by atoms with Crippen molar-refractivity contribution in [2.45, 2.75) is 39.2 Å². The molecule has 1 aromatic heterocycles. The van der Waals surface area contributed by atoms with Crippen molar-refractivity contribution in [3.8, 4) is 0 Å². The molecule has 2 rings (SSSR count). The van der Waals surface area contributed by atoms with Crippen molar-refractivity contribution in [3.05, 3.63) is 29.6 Å². The summed E-state index contributed by atoms with van der Waals surface area (Å²) in [4.78, 5) is 26.5. The van der Waals surface area contributed by atoms with Crippen molar-refractivity contribution in [2.24, 2.45) is 5.73 Å². The van der Waals surface area contributed by atoms with E-state index in [1.165, 1.54) is 0 Å². The van der Waals surface area contributed by atoms with E-state index in [1.54, 1.807) is 18.2 Å². The summed E-state index contributed by atoms with van der Waals surface area (Å²) in [6.07, 6.45) is 0.910. The Hall–Kier alpha value is -2.37. The van der Waals surface area contributed by atoms with Crippen molar-refractivity contribution in [3.63, 3.8) is 0 Å². The summed E-state index contributed by atoms with van der Waals surface area (Å²) in [7, 11) is 0. The second-order valence-electron chi connectivity index (χ2n) is 5.35. The Bertz CT molecular complexity index is 689. The number of imidazole rings is 1. The smallest absolute Gasteiger partial charge is 0.335 e. The number of aryl methyl sites for hydroxylation is 1. The Balaban J connectivity index is 2.46. The molecule has 0 atom stereocenters.